The SMILES string of the molecule is C=CCOC(=O)N1c2cc(O)c(OC)cc2C(=O)N2CC=C(c3ccc(S(=O)(=O)N(C)C4CCCCO4)cc3)C[C@H]2C1OC1CCCCO1.C=CCOC(=O)N1c2cc(OC[C@H](CC(=O)OCC)O[Si](C)(C)C(C)(C)C)c(OC)cc2C(=O)N2CC=C(c3ccc(S(=O)(=O)N(C)C4CCCCO4)cc3)C[C@H]2C1OC1CCCCO1. The minimum absolute atomic E-state index is 0.0552. The van der Waals surface area contributed by atoms with Gasteiger partial charge in [0, 0.05) is 65.7 Å². The molecule has 12 rings (SSSR count). The molecule has 8 aliphatic rings. The van der Waals surface area contributed by atoms with E-state index in [-0.39, 0.29) is 125 Å². The van der Waals surface area contributed by atoms with Gasteiger partial charge in [0.15, 0.2) is 56.4 Å². The number of methoxy groups -OCH3 is 2. The maximum atomic E-state index is 14.9. The molecule has 622 valence electrons. The smallest absolute Gasteiger partial charge is 0.416 e. The first-order valence-corrected chi connectivity index (χ1v) is 45.0. The summed E-state index contributed by atoms with van der Waals surface area (Å²) in [4.78, 5) is 76.5. The topological polar surface area (TPSA) is 313 Å². The van der Waals surface area contributed by atoms with Crippen molar-refractivity contribution in [2.24, 2.45) is 0 Å². The van der Waals surface area contributed by atoms with E-state index in [4.69, 9.17) is 61.3 Å². The van der Waals surface area contributed by atoms with Gasteiger partial charge in [-0.05, 0) is 174 Å². The summed E-state index contributed by atoms with van der Waals surface area (Å²) in [5.41, 5.74) is 3.71. The third-order valence-electron chi connectivity index (χ3n) is 22.2. The van der Waals surface area contributed by atoms with E-state index in [0.717, 1.165) is 73.6 Å². The van der Waals surface area contributed by atoms with Crippen LogP contribution in [-0.2, 0) is 71.9 Å². The van der Waals surface area contributed by atoms with Crippen molar-refractivity contribution >= 4 is 80.9 Å². The maximum Gasteiger partial charge on any atom is 0.416 e. The molecule has 0 bridgehead atoms. The van der Waals surface area contributed by atoms with Crippen LogP contribution < -0.4 is 24.0 Å². The number of carbonyl (C=O) groups excluding carboxylic acids is 5. The van der Waals surface area contributed by atoms with Crippen LogP contribution >= 0.6 is 0 Å². The molecule has 4 aromatic rings. The van der Waals surface area contributed by atoms with Crippen molar-refractivity contribution in [2.45, 2.75) is 208 Å². The molecule has 4 fully saturated rings. The lowest BCUT2D eigenvalue weighted by Gasteiger charge is -2.42. The Morgan fingerprint density at radius 1 is 0.605 bits per heavy atom. The molecule has 4 amide bonds. The zero-order chi connectivity index (χ0) is 81.8. The molecule has 8 heterocycles. The van der Waals surface area contributed by atoms with Gasteiger partial charge < -0.3 is 76.2 Å². The van der Waals surface area contributed by atoms with Gasteiger partial charge in [-0.15, -0.1) is 0 Å². The Morgan fingerprint density at radius 3 is 1.43 bits per heavy atom. The Balaban J connectivity index is 0.000000233. The molecule has 0 aromatic heterocycles. The second-order valence-electron chi connectivity index (χ2n) is 30.6. The van der Waals surface area contributed by atoms with Crippen LogP contribution in [0.4, 0.5) is 21.0 Å². The van der Waals surface area contributed by atoms with Crippen molar-refractivity contribution in [3.8, 4) is 23.0 Å². The number of esters is 1. The third-order valence-corrected chi connectivity index (χ3v) is 30.5. The number of phenols is 1. The van der Waals surface area contributed by atoms with E-state index >= 15 is 0 Å². The molecule has 0 aliphatic carbocycles. The highest BCUT2D eigenvalue weighted by atomic mass is 32.2. The molecule has 0 spiro atoms. The molecule has 32 heteroatoms. The predicted molar refractivity (Wildman–Crippen MR) is 426 cm³/mol. The van der Waals surface area contributed by atoms with Crippen LogP contribution in [0.5, 0.6) is 23.0 Å². The number of phenolic OH excluding ortho intramolecular Hbond substituents is 1. The number of sulfonamides is 2. The quantitative estimate of drug-likeness (QED) is 0.0264. The van der Waals surface area contributed by atoms with E-state index in [1.807, 2.05) is 12.2 Å². The van der Waals surface area contributed by atoms with Gasteiger partial charge in [0.1, 0.15) is 32.3 Å². The minimum Gasteiger partial charge on any atom is -0.504 e. The fourth-order valence-electron chi connectivity index (χ4n) is 14.9. The van der Waals surface area contributed by atoms with Gasteiger partial charge in [-0.3, -0.25) is 14.4 Å². The zero-order valence-electron chi connectivity index (χ0n) is 67.0. The maximum absolute atomic E-state index is 14.9. The summed E-state index contributed by atoms with van der Waals surface area (Å²) in [5.74, 6) is -0.994. The number of rotatable bonds is 26. The Kier molecular flexibility index (Phi) is 29.0. The first kappa shape index (κ1) is 86.6. The molecule has 0 radical (unpaired) electrons. The average molecular weight is 1640 g/mol. The Hall–Kier alpha value is -8.25. The molecule has 0 saturated carbocycles. The number of amides is 4. The molecule has 1 N–H and O–H groups in total. The molecule has 9 atom stereocenters. The van der Waals surface area contributed by atoms with Crippen molar-refractivity contribution in [3.05, 3.63) is 133 Å². The third kappa shape index (κ3) is 19.7. The van der Waals surface area contributed by atoms with E-state index < -0.39 is 108 Å². The van der Waals surface area contributed by atoms with E-state index in [1.54, 1.807) is 84.4 Å². The Labute approximate surface area is 670 Å². The minimum atomic E-state index is -3.85. The van der Waals surface area contributed by atoms with Gasteiger partial charge >= 0.3 is 18.2 Å². The highest BCUT2D eigenvalue weighted by Gasteiger charge is 2.51. The first-order valence-electron chi connectivity index (χ1n) is 39.2. The number of fused-ring (bicyclic) bond motifs is 4. The standard InChI is InChI=1S/C47H67N3O13SSi.C35H43N3O10S/c1-10-24-60-46(53)50-37-30-40(61-31-34(28-42(51)57-11-2)63-65(8,9)47(3,4)5)39(56-7)29-36(37)44(52)49-23-22-33(27-38(49)45(50)62-43-17-13-15-26-59-43)32-18-20-35(21-19-32)64(54,55)48(6)41-16-12-14-25-58-41;1-4-17-47-35(41)38-27-22-29(39)30(44-3)21-26(27)33(40)37-16-15-24(20-28(37)34(38)48-32-10-6-8-19-46-32)23-11-13-25(14-12-23)49(42,43)36(2)31-9-5-7-18-45-31/h10,18-22,29-30,34,38,41,43,45H,1,11-17,23-28,31H2,2-9H3;4,11-15,21-22,28,31-32,34,39H,1,5-10,16-20H2,2-3H3/t34-,38-,41?,43?,45?;28-,31?,32?,34?/m00/s1. The lowest BCUT2D eigenvalue weighted by molar-refractivity contribution is -0.197. The van der Waals surface area contributed by atoms with Crippen molar-refractivity contribution in [2.75, 3.05) is 104 Å². The monoisotopic (exact) mass is 1640 g/mol. The highest BCUT2D eigenvalue weighted by molar-refractivity contribution is 7.89. The average Bonchev–Trinajstić information content (AvgIpc) is 1.60. The van der Waals surface area contributed by atoms with Crippen LogP contribution in [0.3, 0.4) is 0 Å². The summed E-state index contributed by atoms with van der Waals surface area (Å²) in [6, 6.07) is 17.6. The lowest BCUT2D eigenvalue weighted by atomic mass is 9.92. The van der Waals surface area contributed by atoms with Crippen molar-refractivity contribution in [1.29, 1.82) is 0 Å². The number of hydrogen-bond acceptors (Lipinski definition) is 23. The lowest BCUT2D eigenvalue weighted by Crippen LogP contribution is -2.57. The van der Waals surface area contributed by atoms with Gasteiger partial charge in [-0.1, -0.05) is 82.5 Å². The summed E-state index contributed by atoms with van der Waals surface area (Å²) in [6.45, 7) is 21.8. The van der Waals surface area contributed by atoms with Gasteiger partial charge in [0.05, 0.1) is 77.7 Å². The molecule has 4 aromatic carbocycles. The molecule has 114 heavy (non-hydrogen) atoms. The zero-order valence-corrected chi connectivity index (χ0v) is 69.6. The molecular formula is C82H110N6O23S2Si. The van der Waals surface area contributed by atoms with Gasteiger partial charge in [0.25, 0.3) is 11.8 Å². The van der Waals surface area contributed by atoms with E-state index in [1.165, 1.54) is 64.0 Å². The van der Waals surface area contributed by atoms with Crippen LogP contribution in [0.1, 0.15) is 156 Å². The number of carbonyl (C=O) groups is 5. The fraction of sp³-hybridized carbons (Fsp3) is 0.549. The van der Waals surface area contributed by atoms with Crippen molar-refractivity contribution in [1.82, 2.24) is 18.4 Å². The summed E-state index contributed by atoms with van der Waals surface area (Å²) >= 11 is 0. The summed E-state index contributed by atoms with van der Waals surface area (Å²) in [6.07, 6.45) is 9.74. The van der Waals surface area contributed by atoms with Crippen LogP contribution in [0.15, 0.2) is 120 Å². The van der Waals surface area contributed by atoms with Crippen molar-refractivity contribution < 1.29 is 107 Å². The van der Waals surface area contributed by atoms with E-state index in [0.29, 0.717) is 52.1 Å². The van der Waals surface area contributed by atoms with E-state index in [9.17, 15) is 45.9 Å². The van der Waals surface area contributed by atoms with Crippen LogP contribution in [0, 0.1) is 0 Å². The predicted octanol–water partition coefficient (Wildman–Crippen LogP) is 12.7. The second-order valence-corrected chi connectivity index (χ2v) is 39.4. The highest BCUT2D eigenvalue weighted by Crippen LogP contribution is 2.47. The molecule has 6 unspecified atom stereocenters. The fourth-order valence-corrected chi connectivity index (χ4v) is 18.8. The number of benzene rings is 4. The normalized spacial score (nSPS) is 23.2. The molecule has 4 saturated heterocycles. The van der Waals surface area contributed by atoms with Gasteiger partial charge in [-0.25, -0.2) is 36.2 Å². The van der Waals surface area contributed by atoms with Gasteiger partial charge in [-0.2, -0.15) is 8.61 Å². The summed E-state index contributed by atoms with van der Waals surface area (Å²) in [7, 11) is -4.15. The van der Waals surface area contributed by atoms with Crippen LogP contribution in [0.2, 0.25) is 18.1 Å². The molecular weight excluding hydrogens is 1530 g/mol. The Bertz CT molecular complexity index is 4380. The Morgan fingerprint density at radius 2 is 1.04 bits per heavy atom. The number of ether oxygens (including phenoxy) is 12. The second kappa shape index (κ2) is 38.2. The largest absolute Gasteiger partial charge is 0.504 e. The first-order chi connectivity index (χ1) is 54.5. The number of aromatic hydroxyl groups is 1. The van der Waals surface area contributed by atoms with Crippen molar-refractivity contribution in [3.63, 3.8) is 0 Å². The number of nitrogens with zero attached hydrogens (tertiary/aromatic N) is 6. The van der Waals surface area contributed by atoms with Crippen LogP contribution in [-0.4, -0.2) is 229 Å². The summed E-state index contributed by atoms with van der Waals surface area (Å²) < 4.78 is 134. The van der Waals surface area contributed by atoms with E-state index in [2.05, 4.69) is 47.0 Å². The number of anilines is 2. The molecule has 29 nitrogen and oxygen atoms in total. The summed E-state index contributed by atoms with van der Waals surface area (Å²) in [5, 5.41) is 10.6. The number of hydrogen-bond donors (Lipinski definition) is 1. The van der Waals surface area contributed by atoms with Crippen LogP contribution in [0.25, 0.3) is 11.1 Å². The van der Waals surface area contributed by atoms with Gasteiger partial charge in [0.2, 0.25) is 20.0 Å². The molecule has 8 aliphatic heterocycles.